The molecule has 0 bridgehead atoms. The van der Waals surface area contributed by atoms with E-state index in [2.05, 4.69) is 6.58 Å². The Hall–Kier alpha value is -1.81. The molecule has 0 spiro atoms. The summed E-state index contributed by atoms with van der Waals surface area (Å²) in [5.74, 6) is -0.712. The fraction of sp³-hybridized carbons (Fsp3) is 0.400. The van der Waals surface area contributed by atoms with Crippen LogP contribution in [0.1, 0.15) is 31.4 Å². The Morgan fingerprint density at radius 1 is 1.47 bits per heavy atom. The molecule has 2 rings (SSSR count). The molecule has 0 N–H and O–H groups in total. The summed E-state index contributed by atoms with van der Waals surface area (Å²) in [6.45, 7) is 5.56. The maximum Gasteiger partial charge on any atom is 0.128 e. The SMILES string of the molecule is C=C1C[C@H](C)O[C@@H](c2ccccc2OCC(=O)[O-])C1. The van der Waals surface area contributed by atoms with Crippen LogP contribution in [0.3, 0.4) is 0 Å². The number of hydrogen-bond donors (Lipinski definition) is 0. The maximum absolute atomic E-state index is 10.5. The Morgan fingerprint density at radius 2 is 2.21 bits per heavy atom. The third kappa shape index (κ3) is 3.58. The lowest BCUT2D eigenvalue weighted by Crippen LogP contribution is -2.29. The highest BCUT2D eigenvalue weighted by Gasteiger charge is 2.25. The molecule has 0 unspecified atom stereocenters. The minimum absolute atomic E-state index is 0.112. The van der Waals surface area contributed by atoms with Gasteiger partial charge in [-0.1, -0.05) is 30.4 Å². The first kappa shape index (κ1) is 13.6. The van der Waals surface area contributed by atoms with Gasteiger partial charge < -0.3 is 19.4 Å². The first-order valence-electron chi connectivity index (χ1n) is 6.30. The molecule has 0 aliphatic carbocycles. The summed E-state index contributed by atoms with van der Waals surface area (Å²) in [5.41, 5.74) is 2.00. The van der Waals surface area contributed by atoms with Gasteiger partial charge >= 0.3 is 0 Å². The van der Waals surface area contributed by atoms with E-state index in [1.807, 2.05) is 19.1 Å². The quantitative estimate of drug-likeness (QED) is 0.773. The van der Waals surface area contributed by atoms with Crippen LogP contribution in [0.5, 0.6) is 5.75 Å². The van der Waals surface area contributed by atoms with Crippen LogP contribution < -0.4 is 9.84 Å². The molecule has 102 valence electrons. The van der Waals surface area contributed by atoms with Gasteiger partial charge in [-0.3, -0.25) is 0 Å². The summed E-state index contributed by atoms with van der Waals surface area (Å²) < 4.78 is 11.1. The van der Waals surface area contributed by atoms with Gasteiger partial charge in [-0.05, 0) is 25.8 Å². The molecule has 1 saturated heterocycles. The lowest BCUT2D eigenvalue weighted by Gasteiger charge is -2.30. The Bertz CT molecular complexity index is 481. The Labute approximate surface area is 112 Å². The lowest BCUT2D eigenvalue weighted by atomic mass is 9.95. The van der Waals surface area contributed by atoms with Gasteiger partial charge in [-0.15, -0.1) is 0 Å². The second kappa shape index (κ2) is 5.89. The minimum Gasteiger partial charge on any atom is -0.546 e. The molecule has 19 heavy (non-hydrogen) atoms. The molecule has 0 radical (unpaired) electrons. The van der Waals surface area contributed by atoms with Gasteiger partial charge in [0.25, 0.3) is 0 Å². The van der Waals surface area contributed by atoms with Crippen molar-refractivity contribution in [2.24, 2.45) is 0 Å². The van der Waals surface area contributed by atoms with Crippen LogP contribution in [0.4, 0.5) is 0 Å². The summed E-state index contributed by atoms with van der Waals surface area (Å²) in [6, 6.07) is 7.31. The molecule has 0 saturated carbocycles. The van der Waals surface area contributed by atoms with Crippen molar-refractivity contribution in [2.75, 3.05) is 6.61 Å². The monoisotopic (exact) mass is 261 g/mol. The number of carboxylic acid groups (broad SMARTS) is 1. The molecule has 1 aromatic rings. The van der Waals surface area contributed by atoms with Gasteiger partial charge in [-0.2, -0.15) is 0 Å². The van der Waals surface area contributed by atoms with Crippen LogP contribution in [0, 0.1) is 0 Å². The molecule has 1 heterocycles. The van der Waals surface area contributed by atoms with Crippen molar-refractivity contribution in [3.63, 3.8) is 0 Å². The number of aliphatic carboxylic acids is 1. The van der Waals surface area contributed by atoms with E-state index in [0.29, 0.717) is 5.75 Å². The topological polar surface area (TPSA) is 58.6 Å². The average Bonchev–Trinajstić information content (AvgIpc) is 2.35. The van der Waals surface area contributed by atoms with Crippen LogP contribution in [0.15, 0.2) is 36.4 Å². The number of rotatable bonds is 4. The van der Waals surface area contributed by atoms with Gasteiger partial charge in [0.05, 0.1) is 18.2 Å². The molecule has 1 fully saturated rings. The summed E-state index contributed by atoms with van der Waals surface area (Å²) >= 11 is 0. The van der Waals surface area contributed by atoms with Crippen LogP contribution in [-0.2, 0) is 9.53 Å². The smallest absolute Gasteiger partial charge is 0.128 e. The number of hydrogen-bond acceptors (Lipinski definition) is 4. The standard InChI is InChI=1S/C15H18O4/c1-10-7-11(2)19-14(8-10)12-5-3-4-6-13(12)18-9-15(16)17/h3-6,11,14H,1,7-9H2,2H3,(H,16,17)/p-1/t11-,14+/m0/s1. The van der Waals surface area contributed by atoms with Crippen LogP contribution in [-0.4, -0.2) is 18.7 Å². The van der Waals surface area contributed by atoms with E-state index in [0.717, 1.165) is 24.0 Å². The highest BCUT2D eigenvalue weighted by Crippen LogP contribution is 2.37. The highest BCUT2D eigenvalue weighted by molar-refractivity contribution is 5.66. The zero-order valence-corrected chi connectivity index (χ0v) is 10.9. The van der Waals surface area contributed by atoms with E-state index < -0.39 is 12.6 Å². The van der Waals surface area contributed by atoms with Crippen LogP contribution in [0.25, 0.3) is 0 Å². The molecule has 1 aliphatic heterocycles. The van der Waals surface area contributed by atoms with E-state index in [1.165, 1.54) is 0 Å². The van der Waals surface area contributed by atoms with Crippen molar-refractivity contribution in [3.8, 4) is 5.75 Å². The first-order valence-corrected chi connectivity index (χ1v) is 6.30. The molecular weight excluding hydrogens is 244 g/mol. The van der Waals surface area contributed by atoms with Gasteiger partial charge in [-0.25, -0.2) is 0 Å². The summed E-state index contributed by atoms with van der Waals surface area (Å²) in [7, 11) is 0. The normalized spacial score (nSPS) is 23.1. The largest absolute Gasteiger partial charge is 0.546 e. The number of para-hydroxylation sites is 1. The Kier molecular flexibility index (Phi) is 4.22. The number of ether oxygens (including phenoxy) is 2. The predicted octanol–water partition coefficient (Wildman–Crippen LogP) is 1.61. The summed E-state index contributed by atoms with van der Waals surface area (Å²) in [4.78, 5) is 10.5. The van der Waals surface area contributed by atoms with E-state index in [-0.39, 0.29) is 12.2 Å². The molecule has 1 aromatic carbocycles. The molecular formula is C15H17O4-. The predicted molar refractivity (Wildman–Crippen MR) is 68.6 cm³/mol. The minimum atomic E-state index is -1.24. The van der Waals surface area contributed by atoms with Crippen molar-refractivity contribution in [1.82, 2.24) is 0 Å². The third-order valence-corrected chi connectivity index (χ3v) is 3.06. The average molecular weight is 261 g/mol. The molecule has 0 amide bonds. The second-order valence-electron chi connectivity index (χ2n) is 4.79. The van der Waals surface area contributed by atoms with Gasteiger partial charge in [0.1, 0.15) is 12.4 Å². The fourth-order valence-electron chi connectivity index (χ4n) is 2.33. The molecule has 0 aromatic heterocycles. The van der Waals surface area contributed by atoms with Gasteiger partial charge in [0.15, 0.2) is 0 Å². The van der Waals surface area contributed by atoms with Crippen LogP contribution in [0.2, 0.25) is 0 Å². The second-order valence-corrected chi connectivity index (χ2v) is 4.79. The van der Waals surface area contributed by atoms with E-state index >= 15 is 0 Å². The zero-order valence-electron chi connectivity index (χ0n) is 10.9. The van der Waals surface area contributed by atoms with Crippen molar-refractivity contribution in [2.45, 2.75) is 32.0 Å². The van der Waals surface area contributed by atoms with E-state index in [9.17, 15) is 9.90 Å². The Morgan fingerprint density at radius 3 is 2.89 bits per heavy atom. The fourth-order valence-corrected chi connectivity index (χ4v) is 2.33. The Balaban J connectivity index is 2.18. The molecule has 1 aliphatic rings. The van der Waals surface area contributed by atoms with E-state index in [4.69, 9.17) is 9.47 Å². The van der Waals surface area contributed by atoms with Crippen molar-refractivity contribution >= 4 is 5.97 Å². The molecule has 4 heteroatoms. The summed E-state index contributed by atoms with van der Waals surface area (Å²) in [6.07, 6.45) is 1.57. The van der Waals surface area contributed by atoms with Crippen LogP contribution >= 0.6 is 0 Å². The van der Waals surface area contributed by atoms with Crippen molar-refractivity contribution in [3.05, 3.63) is 42.0 Å². The number of carbonyl (C=O) groups is 1. The number of carboxylic acids is 1. The van der Waals surface area contributed by atoms with E-state index in [1.54, 1.807) is 12.1 Å². The summed E-state index contributed by atoms with van der Waals surface area (Å²) in [5, 5.41) is 10.5. The third-order valence-electron chi connectivity index (χ3n) is 3.06. The van der Waals surface area contributed by atoms with Crippen molar-refractivity contribution < 1.29 is 19.4 Å². The van der Waals surface area contributed by atoms with Gasteiger partial charge in [0.2, 0.25) is 0 Å². The van der Waals surface area contributed by atoms with Gasteiger partial charge in [0, 0.05) is 5.56 Å². The highest BCUT2D eigenvalue weighted by atomic mass is 16.5. The lowest BCUT2D eigenvalue weighted by molar-refractivity contribution is -0.307. The first-order chi connectivity index (χ1) is 9.06. The number of carbonyl (C=O) groups excluding carboxylic acids is 1. The molecule has 2 atom stereocenters. The molecule has 4 nitrogen and oxygen atoms in total. The van der Waals surface area contributed by atoms with Crippen molar-refractivity contribution in [1.29, 1.82) is 0 Å². The number of benzene rings is 1. The zero-order chi connectivity index (χ0) is 13.8. The maximum atomic E-state index is 10.5.